The fourth-order valence-corrected chi connectivity index (χ4v) is 3.87. The molecule has 1 heterocycles. The highest BCUT2D eigenvalue weighted by atomic mass is 19.1. The standard InChI is InChI=1S/C23H24FN3O/c1-15-22(16(2)27(25-15)19-7-5-4-6-8-19)14-26(3)23(28)21-13-20(21)17-9-11-18(24)12-10-17/h4-12,20-21H,13-14H2,1-3H3. The smallest absolute Gasteiger partial charge is 0.226 e. The quantitative estimate of drug-likeness (QED) is 0.661. The van der Waals surface area contributed by atoms with E-state index in [1.165, 1.54) is 12.1 Å². The number of halogens is 1. The lowest BCUT2D eigenvalue weighted by Crippen LogP contribution is -2.28. The molecule has 0 N–H and O–H groups in total. The minimum absolute atomic E-state index is 0.0137. The molecule has 1 amide bonds. The van der Waals surface area contributed by atoms with Crippen LogP contribution in [0.2, 0.25) is 0 Å². The molecule has 2 unspecified atom stereocenters. The van der Waals surface area contributed by atoms with E-state index >= 15 is 0 Å². The number of hydrogen-bond acceptors (Lipinski definition) is 2. The van der Waals surface area contributed by atoms with E-state index in [0.717, 1.165) is 34.6 Å². The number of nitrogens with zero attached hydrogens (tertiary/aromatic N) is 3. The van der Waals surface area contributed by atoms with Gasteiger partial charge in [0.05, 0.1) is 11.4 Å². The zero-order valence-electron chi connectivity index (χ0n) is 16.4. The van der Waals surface area contributed by atoms with Gasteiger partial charge in [0.15, 0.2) is 0 Å². The minimum Gasteiger partial charge on any atom is -0.341 e. The van der Waals surface area contributed by atoms with Gasteiger partial charge in [-0.1, -0.05) is 30.3 Å². The Bertz CT molecular complexity index is 995. The van der Waals surface area contributed by atoms with Crippen LogP contribution >= 0.6 is 0 Å². The summed E-state index contributed by atoms with van der Waals surface area (Å²) in [6, 6.07) is 16.5. The van der Waals surface area contributed by atoms with Crippen molar-refractivity contribution in [2.45, 2.75) is 32.7 Å². The molecule has 3 aromatic rings. The number of benzene rings is 2. The van der Waals surface area contributed by atoms with E-state index in [2.05, 4.69) is 5.10 Å². The average Bonchev–Trinajstić information content (AvgIpc) is 3.45. The number of carbonyl (C=O) groups excluding carboxylic acids is 1. The highest BCUT2D eigenvalue weighted by Gasteiger charge is 2.45. The molecule has 2 aromatic carbocycles. The topological polar surface area (TPSA) is 38.1 Å². The van der Waals surface area contributed by atoms with Crippen molar-refractivity contribution < 1.29 is 9.18 Å². The molecule has 4 nitrogen and oxygen atoms in total. The molecule has 0 spiro atoms. The van der Waals surface area contributed by atoms with E-state index in [4.69, 9.17) is 0 Å². The number of aryl methyl sites for hydroxylation is 1. The average molecular weight is 377 g/mol. The third kappa shape index (κ3) is 3.44. The number of hydrogen-bond donors (Lipinski definition) is 0. The summed E-state index contributed by atoms with van der Waals surface area (Å²) in [5.74, 6) is 0.0800. The zero-order valence-corrected chi connectivity index (χ0v) is 16.4. The van der Waals surface area contributed by atoms with Crippen LogP contribution in [0.15, 0.2) is 54.6 Å². The monoisotopic (exact) mass is 377 g/mol. The fourth-order valence-electron chi connectivity index (χ4n) is 3.87. The summed E-state index contributed by atoms with van der Waals surface area (Å²) in [6.07, 6.45) is 0.829. The summed E-state index contributed by atoms with van der Waals surface area (Å²) < 4.78 is 15.0. The number of amides is 1. The molecule has 0 aliphatic heterocycles. The molecule has 1 saturated carbocycles. The first kappa shape index (κ1) is 18.4. The van der Waals surface area contributed by atoms with Gasteiger partial charge in [0.25, 0.3) is 0 Å². The molecule has 1 aliphatic carbocycles. The zero-order chi connectivity index (χ0) is 19.8. The summed E-state index contributed by atoms with van der Waals surface area (Å²) >= 11 is 0. The van der Waals surface area contributed by atoms with Crippen LogP contribution in [0, 0.1) is 25.6 Å². The molecule has 0 bridgehead atoms. The second kappa shape index (κ2) is 7.23. The lowest BCUT2D eigenvalue weighted by atomic mass is 10.1. The molecule has 4 rings (SSSR count). The van der Waals surface area contributed by atoms with Crippen LogP contribution in [0.4, 0.5) is 4.39 Å². The normalized spacial score (nSPS) is 18.1. The van der Waals surface area contributed by atoms with Crippen LogP contribution in [-0.2, 0) is 11.3 Å². The first-order valence-corrected chi connectivity index (χ1v) is 9.56. The Morgan fingerprint density at radius 3 is 2.50 bits per heavy atom. The molecule has 0 radical (unpaired) electrons. The molecule has 1 aliphatic rings. The van der Waals surface area contributed by atoms with E-state index in [1.54, 1.807) is 17.0 Å². The Labute approximate surface area is 164 Å². The molecular formula is C23H24FN3O. The third-order valence-electron chi connectivity index (χ3n) is 5.62. The van der Waals surface area contributed by atoms with Gasteiger partial charge in [-0.3, -0.25) is 4.79 Å². The lowest BCUT2D eigenvalue weighted by molar-refractivity contribution is -0.131. The summed E-state index contributed by atoms with van der Waals surface area (Å²) in [5.41, 5.74) is 5.12. The van der Waals surface area contributed by atoms with Gasteiger partial charge in [-0.15, -0.1) is 0 Å². The van der Waals surface area contributed by atoms with Gasteiger partial charge in [0, 0.05) is 30.8 Å². The molecule has 5 heteroatoms. The van der Waals surface area contributed by atoms with Gasteiger partial charge < -0.3 is 4.90 Å². The first-order chi connectivity index (χ1) is 13.5. The van der Waals surface area contributed by atoms with Crippen molar-refractivity contribution >= 4 is 5.91 Å². The third-order valence-corrected chi connectivity index (χ3v) is 5.62. The molecule has 0 saturated heterocycles. The van der Waals surface area contributed by atoms with Crippen molar-refractivity contribution in [1.29, 1.82) is 0 Å². The maximum atomic E-state index is 13.1. The Kier molecular flexibility index (Phi) is 4.75. The van der Waals surface area contributed by atoms with E-state index in [-0.39, 0.29) is 23.6 Å². The number of rotatable bonds is 5. The Morgan fingerprint density at radius 1 is 1.14 bits per heavy atom. The maximum Gasteiger partial charge on any atom is 0.226 e. The van der Waals surface area contributed by atoms with Crippen LogP contribution in [0.3, 0.4) is 0 Å². The van der Waals surface area contributed by atoms with E-state index in [0.29, 0.717) is 6.54 Å². The van der Waals surface area contributed by atoms with Crippen molar-refractivity contribution in [3.63, 3.8) is 0 Å². The van der Waals surface area contributed by atoms with Crippen LogP contribution in [0.5, 0.6) is 0 Å². The molecular weight excluding hydrogens is 353 g/mol. The van der Waals surface area contributed by atoms with E-state index in [9.17, 15) is 9.18 Å². The number of aromatic nitrogens is 2. The van der Waals surface area contributed by atoms with Crippen molar-refractivity contribution in [1.82, 2.24) is 14.7 Å². The van der Waals surface area contributed by atoms with Gasteiger partial charge in [-0.25, -0.2) is 9.07 Å². The summed E-state index contributed by atoms with van der Waals surface area (Å²) in [7, 11) is 1.85. The summed E-state index contributed by atoms with van der Waals surface area (Å²) in [6.45, 7) is 4.56. The predicted octanol–water partition coefficient (Wildman–Crippen LogP) is 4.39. The maximum absolute atomic E-state index is 13.1. The molecule has 1 aromatic heterocycles. The van der Waals surface area contributed by atoms with Crippen molar-refractivity contribution in [3.05, 3.63) is 82.9 Å². The largest absolute Gasteiger partial charge is 0.341 e. The van der Waals surface area contributed by atoms with Crippen LogP contribution in [0.25, 0.3) is 5.69 Å². The second-order valence-electron chi connectivity index (χ2n) is 7.59. The van der Waals surface area contributed by atoms with Crippen molar-refractivity contribution in [2.75, 3.05) is 7.05 Å². The van der Waals surface area contributed by atoms with Crippen LogP contribution in [-0.4, -0.2) is 27.6 Å². The van der Waals surface area contributed by atoms with Crippen LogP contribution in [0.1, 0.15) is 34.9 Å². The van der Waals surface area contributed by atoms with Gasteiger partial charge >= 0.3 is 0 Å². The molecule has 2 atom stereocenters. The minimum atomic E-state index is -0.245. The second-order valence-corrected chi connectivity index (χ2v) is 7.59. The Morgan fingerprint density at radius 2 is 1.82 bits per heavy atom. The van der Waals surface area contributed by atoms with E-state index in [1.807, 2.05) is 55.9 Å². The highest BCUT2D eigenvalue weighted by Crippen LogP contribution is 2.48. The van der Waals surface area contributed by atoms with Crippen molar-refractivity contribution in [3.8, 4) is 5.69 Å². The SMILES string of the molecule is Cc1nn(-c2ccccc2)c(C)c1CN(C)C(=O)C1CC1c1ccc(F)cc1. The molecule has 1 fully saturated rings. The lowest BCUT2D eigenvalue weighted by Gasteiger charge is -2.18. The predicted molar refractivity (Wildman–Crippen MR) is 107 cm³/mol. The van der Waals surface area contributed by atoms with Gasteiger partial charge in [0.2, 0.25) is 5.91 Å². The van der Waals surface area contributed by atoms with Gasteiger partial charge in [-0.2, -0.15) is 5.10 Å². The Balaban J connectivity index is 1.47. The number of para-hydroxylation sites is 1. The fraction of sp³-hybridized carbons (Fsp3) is 0.304. The van der Waals surface area contributed by atoms with Gasteiger partial charge in [0.1, 0.15) is 5.82 Å². The number of carbonyl (C=O) groups is 1. The van der Waals surface area contributed by atoms with Crippen molar-refractivity contribution in [2.24, 2.45) is 5.92 Å². The van der Waals surface area contributed by atoms with Gasteiger partial charge in [-0.05, 0) is 56.0 Å². The summed E-state index contributed by atoms with van der Waals surface area (Å²) in [4.78, 5) is 14.7. The first-order valence-electron chi connectivity index (χ1n) is 9.56. The summed E-state index contributed by atoms with van der Waals surface area (Å²) in [5, 5.41) is 4.67. The molecule has 144 valence electrons. The molecule has 28 heavy (non-hydrogen) atoms. The van der Waals surface area contributed by atoms with E-state index < -0.39 is 0 Å². The van der Waals surface area contributed by atoms with Crippen LogP contribution < -0.4 is 0 Å². The Hall–Kier alpha value is -2.95. The highest BCUT2D eigenvalue weighted by molar-refractivity contribution is 5.82.